The summed E-state index contributed by atoms with van der Waals surface area (Å²) in [5, 5.41) is 12.7. The maximum absolute atomic E-state index is 12.8. The van der Waals surface area contributed by atoms with Crippen LogP contribution in [0.2, 0.25) is 0 Å². The number of amides is 1. The summed E-state index contributed by atoms with van der Waals surface area (Å²) in [6, 6.07) is 17.2. The number of rotatable bonds is 7. The standard InChI is InChI=1S/C23H23N3O2S/c1-15(2)23-25-16(3)21(29-23)22(27)26-20-7-5-4-6-18(20)14-28-19-10-8-17(9-11-19)12-13-24/h4-11,15H,12,14H2,1-3H3,(H,26,27). The molecule has 3 rings (SSSR count). The number of hydrogen-bond donors (Lipinski definition) is 1. The van der Waals surface area contributed by atoms with E-state index < -0.39 is 0 Å². The van der Waals surface area contributed by atoms with Crippen LogP contribution in [0.5, 0.6) is 5.75 Å². The van der Waals surface area contributed by atoms with Crippen LogP contribution in [0.25, 0.3) is 0 Å². The molecule has 0 unspecified atom stereocenters. The fraction of sp³-hybridized carbons (Fsp3) is 0.261. The van der Waals surface area contributed by atoms with Crippen molar-refractivity contribution in [3.63, 3.8) is 0 Å². The molecule has 0 aliphatic heterocycles. The molecule has 0 saturated carbocycles. The van der Waals surface area contributed by atoms with Crippen LogP contribution in [0.4, 0.5) is 5.69 Å². The highest BCUT2D eigenvalue weighted by Gasteiger charge is 2.18. The average molecular weight is 406 g/mol. The van der Waals surface area contributed by atoms with Gasteiger partial charge in [0, 0.05) is 17.2 Å². The zero-order valence-corrected chi connectivity index (χ0v) is 17.5. The number of nitriles is 1. The Labute approximate surface area is 175 Å². The molecule has 1 aromatic heterocycles. The summed E-state index contributed by atoms with van der Waals surface area (Å²) < 4.78 is 5.87. The Hall–Kier alpha value is -3.17. The molecule has 0 aliphatic carbocycles. The monoisotopic (exact) mass is 405 g/mol. The average Bonchev–Trinajstić information content (AvgIpc) is 3.11. The summed E-state index contributed by atoms with van der Waals surface area (Å²) in [5.41, 5.74) is 3.31. The first kappa shape index (κ1) is 20.6. The first-order chi connectivity index (χ1) is 14.0. The number of carbonyl (C=O) groups excluding carboxylic acids is 1. The molecule has 0 atom stereocenters. The van der Waals surface area contributed by atoms with Gasteiger partial charge in [-0.1, -0.05) is 44.2 Å². The number of benzene rings is 2. The van der Waals surface area contributed by atoms with E-state index in [4.69, 9.17) is 10.00 Å². The van der Waals surface area contributed by atoms with E-state index in [2.05, 4.69) is 30.2 Å². The van der Waals surface area contributed by atoms with Crippen molar-refractivity contribution in [3.05, 3.63) is 75.2 Å². The molecule has 6 heteroatoms. The molecule has 1 N–H and O–H groups in total. The van der Waals surface area contributed by atoms with Gasteiger partial charge in [-0.05, 0) is 30.7 Å². The van der Waals surface area contributed by atoms with Crippen LogP contribution in [0.1, 0.15) is 51.3 Å². The number of hydrogen-bond acceptors (Lipinski definition) is 5. The summed E-state index contributed by atoms with van der Waals surface area (Å²) in [6.45, 7) is 6.33. The van der Waals surface area contributed by atoms with Crippen LogP contribution in [0.3, 0.4) is 0 Å². The van der Waals surface area contributed by atoms with Gasteiger partial charge in [-0.15, -0.1) is 11.3 Å². The molecule has 3 aromatic rings. The topological polar surface area (TPSA) is 75.0 Å². The van der Waals surface area contributed by atoms with E-state index in [0.29, 0.717) is 29.6 Å². The lowest BCUT2D eigenvalue weighted by atomic mass is 10.1. The van der Waals surface area contributed by atoms with Crippen molar-refractivity contribution < 1.29 is 9.53 Å². The van der Waals surface area contributed by atoms with Gasteiger partial charge in [-0.25, -0.2) is 4.98 Å². The molecule has 0 spiro atoms. The van der Waals surface area contributed by atoms with Gasteiger partial charge in [-0.2, -0.15) is 5.26 Å². The Kier molecular flexibility index (Phi) is 6.63. The molecular weight excluding hydrogens is 382 g/mol. The molecule has 5 nitrogen and oxygen atoms in total. The molecule has 0 saturated heterocycles. The van der Waals surface area contributed by atoms with E-state index in [1.165, 1.54) is 11.3 Å². The van der Waals surface area contributed by atoms with Crippen LogP contribution in [-0.2, 0) is 13.0 Å². The summed E-state index contributed by atoms with van der Waals surface area (Å²) in [7, 11) is 0. The fourth-order valence-corrected chi connectivity index (χ4v) is 3.74. The summed E-state index contributed by atoms with van der Waals surface area (Å²) in [6.07, 6.45) is 0.380. The summed E-state index contributed by atoms with van der Waals surface area (Å²) >= 11 is 1.44. The van der Waals surface area contributed by atoms with Crippen molar-refractivity contribution in [1.82, 2.24) is 4.98 Å². The Morgan fingerprint density at radius 1 is 1.21 bits per heavy atom. The first-order valence-electron chi connectivity index (χ1n) is 9.43. The van der Waals surface area contributed by atoms with Crippen molar-refractivity contribution in [1.29, 1.82) is 5.26 Å². The highest BCUT2D eigenvalue weighted by atomic mass is 32.1. The Morgan fingerprint density at radius 3 is 2.59 bits per heavy atom. The minimum absolute atomic E-state index is 0.153. The Bertz CT molecular complexity index is 1030. The Balaban J connectivity index is 1.70. The lowest BCUT2D eigenvalue weighted by Gasteiger charge is -2.12. The fourth-order valence-electron chi connectivity index (χ4n) is 2.78. The number of nitrogens with one attached hydrogen (secondary N) is 1. The predicted molar refractivity (Wildman–Crippen MR) is 115 cm³/mol. The number of aromatic nitrogens is 1. The lowest BCUT2D eigenvalue weighted by molar-refractivity contribution is 0.102. The molecule has 0 aliphatic rings. The quantitative estimate of drug-likeness (QED) is 0.565. The molecule has 148 valence electrons. The van der Waals surface area contributed by atoms with E-state index in [9.17, 15) is 4.79 Å². The van der Waals surface area contributed by atoms with E-state index >= 15 is 0 Å². The number of para-hydroxylation sites is 1. The third-order valence-corrected chi connectivity index (χ3v) is 5.84. The number of anilines is 1. The van der Waals surface area contributed by atoms with Gasteiger partial charge in [0.15, 0.2) is 0 Å². The van der Waals surface area contributed by atoms with Crippen molar-refractivity contribution >= 4 is 22.9 Å². The zero-order valence-electron chi connectivity index (χ0n) is 16.7. The van der Waals surface area contributed by atoms with Gasteiger partial charge >= 0.3 is 0 Å². The van der Waals surface area contributed by atoms with Crippen molar-refractivity contribution in [2.75, 3.05) is 5.32 Å². The van der Waals surface area contributed by atoms with E-state index in [0.717, 1.165) is 27.5 Å². The summed E-state index contributed by atoms with van der Waals surface area (Å²) in [5.74, 6) is 0.855. The number of thiazole rings is 1. The maximum atomic E-state index is 12.8. The molecular formula is C23H23N3O2S. The van der Waals surface area contributed by atoms with E-state index in [-0.39, 0.29) is 5.91 Å². The van der Waals surface area contributed by atoms with Gasteiger partial charge < -0.3 is 10.1 Å². The largest absolute Gasteiger partial charge is 0.489 e. The van der Waals surface area contributed by atoms with Crippen LogP contribution >= 0.6 is 11.3 Å². The number of carbonyl (C=O) groups is 1. The molecule has 0 fully saturated rings. The minimum Gasteiger partial charge on any atom is -0.489 e. The third kappa shape index (κ3) is 5.21. The van der Waals surface area contributed by atoms with Crippen LogP contribution in [0.15, 0.2) is 48.5 Å². The minimum atomic E-state index is -0.153. The Morgan fingerprint density at radius 2 is 1.93 bits per heavy atom. The third-order valence-electron chi connectivity index (χ3n) is 4.38. The second kappa shape index (κ2) is 9.35. The highest BCUT2D eigenvalue weighted by molar-refractivity contribution is 7.14. The van der Waals surface area contributed by atoms with Gasteiger partial charge in [0.1, 0.15) is 17.2 Å². The second-order valence-corrected chi connectivity index (χ2v) is 8.03. The molecule has 0 bridgehead atoms. The van der Waals surface area contributed by atoms with Crippen LogP contribution in [-0.4, -0.2) is 10.9 Å². The number of ether oxygens (including phenoxy) is 1. The molecule has 1 heterocycles. The molecule has 2 aromatic carbocycles. The number of aryl methyl sites for hydroxylation is 1. The smallest absolute Gasteiger partial charge is 0.267 e. The normalized spacial score (nSPS) is 10.6. The van der Waals surface area contributed by atoms with Gasteiger partial charge in [-0.3, -0.25) is 4.79 Å². The van der Waals surface area contributed by atoms with Gasteiger partial charge in [0.25, 0.3) is 5.91 Å². The molecule has 1 amide bonds. The summed E-state index contributed by atoms with van der Waals surface area (Å²) in [4.78, 5) is 17.9. The number of nitrogens with zero attached hydrogens (tertiary/aromatic N) is 2. The highest BCUT2D eigenvalue weighted by Crippen LogP contribution is 2.26. The van der Waals surface area contributed by atoms with E-state index in [1.54, 1.807) is 0 Å². The van der Waals surface area contributed by atoms with Crippen molar-refractivity contribution in [3.8, 4) is 11.8 Å². The molecule has 0 radical (unpaired) electrons. The maximum Gasteiger partial charge on any atom is 0.267 e. The SMILES string of the molecule is Cc1nc(C(C)C)sc1C(=O)Nc1ccccc1COc1ccc(CC#N)cc1. The van der Waals surface area contributed by atoms with Gasteiger partial charge in [0.2, 0.25) is 0 Å². The lowest BCUT2D eigenvalue weighted by Crippen LogP contribution is -2.13. The first-order valence-corrected chi connectivity index (χ1v) is 10.2. The van der Waals surface area contributed by atoms with Crippen LogP contribution in [0, 0.1) is 18.3 Å². The van der Waals surface area contributed by atoms with Crippen molar-refractivity contribution in [2.24, 2.45) is 0 Å². The van der Waals surface area contributed by atoms with Gasteiger partial charge in [0.05, 0.1) is 23.2 Å². The zero-order chi connectivity index (χ0) is 20.8. The predicted octanol–water partition coefficient (Wildman–Crippen LogP) is 5.47. The van der Waals surface area contributed by atoms with E-state index in [1.807, 2.05) is 55.5 Å². The van der Waals surface area contributed by atoms with Crippen molar-refractivity contribution in [2.45, 2.75) is 39.7 Å². The van der Waals surface area contributed by atoms with Crippen LogP contribution < -0.4 is 10.1 Å². The molecule has 29 heavy (non-hydrogen) atoms. The second-order valence-electron chi connectivity index (χ2n) is 7.00.